The van der Waals surface area contributed by atoms with E-state index in [2.05, 4.69) is 19.3 Å². The van der Waals surface area contributed by atoms with Crippen molar-refractivity contribution >= 4 is 0 Å². The van der Waals surface area contributed by atoms with Gasteiger partial charge < -0.3 is 4.84 Å². The molecule has 0 amide bonds. The van der Waals surface area contributed by atoms with Gasteiger partial charge in [0.05, 0.1) is 6.61 Å². The lowest BCUT2D eigenvalue weighted by molar-refractivity contribution is 0.0298. The monoisotopic (exact) mass is 131 g/mol. The van der Waals surface area contributed by atoms with Crippen LogP contribution in [0.5, 0.6) is 0 Å². The van der Waals surface area contributed by atoms with E-state index in [4.69, 9.17) is 4.84 Å². The lowest BCUT2D eigenvalue weighted by Crippen LogP contribution is -2.15. The molecule has 0 spiro atoms. The van der Waals surface area contributed by atoms with Gasteiger partial charge >= 0.3 is 0 Å². The Bertz CT molecular complexity index is 52.9. The predicted octanol–water partition coefficient (Wildman–Crippen LogP) is 1.57. The normalized spacial score (nSPS) is 10.7. The molecule has 0 aromatic carbocycles. The first-order valence-corrected chi connectivity index (χ1v) is 3.63. The van der Waals surface area contributed by atoms with Gasteiger partial charge in [0, 0.05) is 7.05 Å². The topological polar surface area (TPSA) is 21.3 Å². The van der Waals surface area contributed by atoms with E-state index in [1.807, 2.05) is 0 Å². The number of hydroxylamine groups is 1. The molecular weight excluding hydrogens is 114 g/mol. The second-order valence-electron chi connectivity index (χ2n) is 2.20. The summed E-state index contributed by atoms with van der Waals surface area (Å²) >= 11 is 0. The van der Waals surface area contributed by atoms with Crippen LogP contribution in [-0.4, -0.2) is 13.7 Å². The lowest BCUT2D eigenvalue weighted by atomic mass is 10.1. The summed E-state index contributed by atoms with van der Waals surface area (Å²) < 4.78 is 0. The predicted molar refractivity (Wildman–Crippen MR) is 39.1 cm³/mol. The minimum atomic E-state index is 0.720. The molecule has 0 aliphatic rings. The number of rotatable bonds is 5. The van der Waals surface area contributed by atoms with Crippen LogP contribution >= 0.6 is 0 Å². The first-order valence-electron chi connectivity index (χ1n) is 3.63. The zero-order chi connectivity index (χ0) is 7.11. The molecule has 2 nitrogen and oxygen atoms in total. The van der Waals surface area contributed by atoms with E-state index in [1.54, 1.807) is 7.05 Å². The highest BCUT2D eigenvalue weighted by Gasteiger charge is 2.01. The van der Waals surface area contributed by atoms with Crippen LogP contribution in [0.1, 0.15) is 26.7 Å². The van der Waals surface area contributed by atoms with Gasteiger partial charge in [-0.3, -0.25) is 0 Å². The van der Waals surface area contributed by atoms with Gasteiger partial charge in [-0.05, 0) is 5.92 Å². The summed E-state index contributed by atoms with van der Waals surface area (Å²) in [7, 11) is 1.79. The maximum absolute atomic E-state index is 5.03. The molecule has 9 heavy (non-hydrogen) atoms. The summed E-state index contributed by atoms with van der Waals surface area (Å²) in [5, 5.41) is 0. The zero-order valence-corrected chi connectivity index (χ0v) is 6.61. The van der Waals surface area contributed by atoms with Gasteiger partial charge in [-0.25, -0.2) is 5.48 Å². The largest absolute Gasteiger partial charge is 0.302 e. The second kappa shape index (κ2) is 6.05. The minimum Gasteiger partial charge on any atom is -0.302 e. The van der Waals surface area contributed by atoms with Crippen molar-refractivity contribution in [1.82, 2.24) is 5.48 Å². The van der Waals surface area contributed by atoms with Crippen LogP contribution in [0, 0.1) is 5.92 Å². The third-order valence-electron chi connectivity index (χ3n) is 1.62. The molecule has 0 saturated heterocycles. The summed E-state index contributed by atoms with van der Waals surface area (Å²) in [6.07, 6.45) is 2.41. The van der Waals surface area contributed by atoms with Crippen molar-refractivity contribution in [2.45, 2.75) is 26.7 Å². The molecule has 0 saturated carbocycles. The number of hydrogen-bond donors (Lipinski definition) is 1. The summed E-state index contributed by atoms with van der Waals surface area (Å²) in [6.45, 7) is 5.21. The molecule has 0 atom stereocenters. The van der Waals surface area contributed by atoms with Crippen molar-refractivity contribution in [1.29, 1.82) is 0 Å². The Morgan fingerprint density at radius 3 is 2.22 bits per heavy atom. The van der Waals surface area contributed by atoms with Gasteiger partial charge in [0.1, 0.15) is 0 Å². The third kappa shape index (κ3) is 4.43. The zero-order valence-electron chi connectivity index (χ0n) is 6.61. The quantitative estimate of drug-likeness (QED) is 0.572. The van der Waals surface area contributed by atoms with Crippen molar-refractivity contribution in [2.75, 3.05) is 13.7 Å². The van der Waals surface area contributed by atoms with Crippen molar-refractivity contribution in [2.24, 2.45) is 5.92 Å². The Balaban J connectivity index is 3.09. The van der Waals surface area contributed by atoms with Crippen LogP contribution in [0.15, 0.2) is 0 Å². The molecule has 0 heterocycles. The van der Waals surface area contributed by atoms with Crippen molar-refractivity contribution in [3.05, 3.63) is 0 Å². The number of nitrogens with one attached hydrogen (secondary N) is 1. The summed E-state index contributed by atoms with van der Waals surface area (Å²) in [5.41, 5.74) is 2.67. The molecule has 0 radical (unpaired) electrons. The fraction of sp³-hybridized carbons (Fsp3) is 1.00. The molecule has 0 aliphatic heterocycles. The molecule has 0 rings (SSSR count). The molecule has 0 bridgehead atoms. The standard InChI is InChI=1S/C7H17NO/c1-4-7(5-2)6-9-8-3/h7-8H,4-6H2,1-3H3. The van der Waals surface area contributed by atoms with Gasteiger partial charge in [-0.2, -0.15) is 0 Å². The lowest BCUT2D eigenvalue weighted by Gasteiger charge is -2.10. The van der Waals surface area contributed by atoms with Crippen LogP contribution in [0.25, 0.3) is 0 Å². The molecule has 0 aromatic heterocycles. The van der Waals surface area contributed by atoms with Gasteiger partial charge in [0.25, 0.3) is 0 Å². The fourth-order valence-corrected chi connectivity index (χ4v) is 0.726. The van der Waals surface area contributed by atoms with Gasteiger partial charge in [0.15, 0.2) is 0 Å². The van der Waals surface area contributed by atoms with E-state index < -0.39 is 0 Å². The Hall–Kier alpha value is -0.0800. The molecule has 2 heteroatoms. The smallest absolute Gasteiger partial charge is 0.0710 e. The SMILES string of the molecule is CCC(CC)CONC. The maximum atomic E-state index is 5.03. The van der Waals surface area contributed by atoms with Gasteiger partial charge in [-0.1, -0.05) is 26.7 Å². The Labute approximate surface area is 57.5 Å². The van der Waals surface area contributed by atoms with E-state index in [0.717, 1.165) is 12.5 Å². The molecule has 1 N–H and O–H groups in total. The fourth-order valence-electron chi connectivity index (χ4n) is 0.726. The summed E-state index contributed by atoms with van der Waals surface area (Å²) in [4.78, 5) is 5.03. The molecule has 0 aliphatic carbocycles. The van der Waals surface area contributed by atoms with Crippen LogP contribution < -0.4 is 5.48 Å². The molecule has 0 fully saturated rings. The van der Waals surface area contributed by atoms with Gasteiger partial charge in [-0.15, -0.1) is 0 Å². The molecule has 0 aromatic rings. The molecular formula is C7H17NO. The van der Waals surface area contributed by atoms with Crippen molar-refractivity contribution in [3.8, 4) is 0 Å². The number of hydrogen-bond acceptors (Lipinski definition) is 2. The minimum absolute atomic E-state index is 0.720. The maximum Gasteiger partial charge on any atom is 0.0710 e. The van der Waals surface area contributed by atoms with Crippen LogP contribution in [0.3, 0.4) is 0 Å². The second-order valence-corrected chi connectivity index (χ2v) is 2.20. The molecule has 56 valence electrons. The van der Waals surface area contributed by atoms with E-state index in [1.165, 1.54) is 12.8 Å². The Morgan fingerprint density at radius 1 is 1.33 bits per heavy atom. The third-order valence-corrected chi connectivity index (χ3v) is 1.62. The van der Waals surface area contributed by atoms with E-state index in [-0.39, 0.29) is 0 Å². The highest BCUT2D eigenvalue weighted by Crippen LogP contribution is 2.05. The van der Waals surface area contributed by atoms with Crippen molar-refractivity contribution in [3.63, 3.8) is 0 Å². The molecule has 0 unspecified atom stereocenters. The van der Waals surface area contributed by atoms with Crippen LogP contribution in [-0.2, 0) is 4.84 Å². The average molecular weight is 131 g/mol. The summed E-state index contributed by atoms with van der Waals surface area (Å²) in [6, 6.07) is 0. The highest BCUT2D eigenvalue weighted by molar-refractivity contribution is 4.50. The first kappa shape index (κ1) is 8.92. The highest BCUT2D eigenvalue weighted by atomic mass is 16.6. The van der Waals surface area contributed by atoms with E-state index >= 15 is 0 Å². The Morgan fingerprint density at radius 2 is 1.89 bits per heavy atom. The van der Waals surface area contributed by atoms with Gasteiger partial charge in [0.2, 0.25) is 0 Å². The summed E-state index contributed by atoms with van der Waals surface area (Å²) in [5.74, 6) is 0.720. The van der Waals surface area contributed by atoms with E-state index in [9.17, 15) is 0 Å². The van der Waals surface area contributed by atoms with E-state index in [0.29, 0.717) is 0 Å². The Kier molecular flexibility index (Phi) is 5.99. The van der Waals surface area contributed by atoms with Crippen molar-refractivity contribution < 1.29 is 4.84 Å². The first-order chi connectivity index (χ1) is 4.35. The average Bonchev–Trinajstić information content (AvgIpc) is 1.91. The van der Waals surface area contributed by atoms with Crippen LogP contribution in [0.2, 0.25) is 0 Å². The van der Waals surface area contributed by atoms with Crippen LogP contribution in [0.4, 0.5) is 0 Å².